The van der Waals surface area contributed by atoms with Crippen molar-refractivity contribution in [3.63, 3.8) is 0 Å². The number of benzene rings is 2. The maximum absolute atomic E-state index is 9.90. The Morgan fingerprint density at radius 2 is 2.00 bits per heavy atom. The predicted molar refractivity (Wildman–Crippen MR) is 85.6 cm³/mol. The fourth-order valence-electron chi connectivity index (χ4n) is 1.64. The molecule has 2 aromatic carbocycles. The van der Waals surface area contributed by atoms with E-state index in [2.05, 4.69) is 21.2 Å². The van der Waals surface area contributed by atoms with Crippen LogP contribution < -0.4 is 10.1 Å². The fraction of sp³-hybridized carbons (Fsp3) is 0.200. The molecule has 3 nitrogen and oxygen atoms in total. The zero-order valence-electron chi connectivity index (χ0n) is 10.7. The van der Waals surface area contributed by atoms with E-state index in [4.69, 9.17) is 16.3 Å². The molecule has 0 aliphatic heterocycles. The summed E-state index contributed by atoms with van der Waals surface area (Å²) in [6.45, 7) is 0.612. The third kappa shape index (κ3) is 4.71. The third-order valence-corrected chi connectivity index (χ3v) is 3.57. The van der Waals surface area contributed by atoms with Crippen molar-refractivity contribution in [2.45, 2.75) is 6.10 Å². The maximum atomic E-state index is 9.90. The van der Waals surface area contributed by atoms with Crippen LogP contribution in [-0.4, -0.2) is 24.4 Å². The highest BCUT2D eigenvalue weighted by Gasteiger charge is 2.06. The molecule has 2 rings (SSSR count). The van der Waals surface area contributed by atoms with Gasteiger partial charge in [-0.1, -0.05) is 29.8 Å². The highest BCUT2D eigenvalue weighted by molar-refractivity contribution is 9.10. The van der Waals surface area contributed by atoms with Crippen molar-refractivity contribution in [2.24, 2.45) is 0 Å². The quantitative estimate of drug-likeness (QED) is 0.823. The number of halogens is 2. The molecule has 0 saturated heterocycles. The molecule has 0 saturated carbocycles. The number of anilines is 1. The predicted octanol–water partition coefficient (Wildman–Crippen LogP) is 3.95. The SMILES string of the molecule is OC(CNc1ccccc1Br)COc1cccc(Cl)c1. The summed E-state index contributed by atoms with van der Waals surface area (Å²) in [5.74, 6) is 0.650. The minimum absolute atomic E-state index is 0.206. The van der Waals surface area contributed by atoms with Gasteiger partial charge in [0, 0.05) is 21.7 Å². The summed E-state index contributed by atoms with van der Waals surface area (Å²) >= 11 is 9.30. The van der Waals surface area contributed by atoms with E-state index in [1.54, 1.807) is 18.2 Å². The monoisotopic (exact) mass is 355 g/mol. The normalized spacial score (nSPS) is 11.9. The number of nitrogens with one attached hydrogen (secondary N) is 1. The van der Waals surface area contributed by atoms with Crippen molar-refractivity contribution in [3.05, 3.63) is 58.0 Å². The Morgan fingerprint density at radius 3 is 2.75 bits per heavy atom. The highest BCUT2D eigenvalue weighted by Crippen LogP contribution is 2.21. The van der Waals surface area contributed by atoms with Gasteiger partial charge in [-0.2, -0.15) is 0 Å². The molecule has 2 N–H and O–H groups in total. The van der Waals surface area contributed by atoms with Crippen LogP contribution in [0.3, 0.4) is 0 Å². The maximum Gasteiger partial charge on any atom is 0.120 e. The number of rotatable bonds is 6. The van der Waals surface area contributed by atoms with Crippen LogP contribution in [0.1, 0.15) is 0 Å². The zero-order chi connectivity index (χ0) is 14.4. The lowest BCUT2D eigenvalue weighted by Gasteiger charge is -2.15. The first-order valence-electron chi connectivity index (χ1n) is 6.20. The summed E-state index contributed by atoms with van der Waals surface area (Å²) in [5.41, 5.74) is 0.939. The minimum Gasteiger partial charge on any atom is -0.491 e. The Morgan fingerprint density at radius 1 is 1.20 bits per heavy atom. The van der Waals surface area contributed by atoms with Gasteiger partial charge in [-0.15, -0.1) is 0 Å². The lowest BCUT2D eigenvalue weighted by atomic mass is 10.3. The van der Waals surface area contributed by atoms with Gasteiger partial charge in [-0.05, 0) is 46.3 Å². The second kappa shape index (κ2) is 7.53. The summed E-state index contributed by atoms with van der Waals surface area (Å²) in [4.78, 5) is 0. The number of aliphatic hydroxyl groups is 1. The smallest absolute Gasteiger partial charge is 0.120 e. The van der Waals surface area contributed by atoms with Crippen molar-refractivity contribution in [3.8, 4) is 5.75 Å². The van der Waals surface area contributed by atoms with Crippen molar-refractivity contribution in [1.82, 2.24) is 0 Å². The summed E-state index contributed by atoms with van der Waals surface area (Å²) in [7, 11) is 0. The highest BCUT2D eigenvalue weighted by atomic mass is 79.9. The van der Waals surface area contributed by atoms with E-state index in [9.17, 15) is 5.11 Å². The molecule has 5 heteroatoms. The average molecular weight is 357 g/mol. The van der Waals surface area contributed by atoms with Gasteiger partial charge in [-0.3, -0.25) is 0 Å². The zero-order valence-corrected chi connectivity index (χ0v) is 13.1. The lowest BCUT2D eigenvalue weighted by molar-refractivity contribution is 0.117. The molecule has 1 atom stereocenters. The third-order valence-electron chi connectivity index (χ3n) is 2.64. The van der Waals surface area contributed by atoms with E-state index in [0.717, 1.165) is 10.2 Å². The molecule has 0 radical (unpaired) electrons. The van der Waals surface area contributed by atoms with E-state index in [1.165, 1.54) is 0 Å². The summed E-state index contributed by atoms with van der Waals surface area (Å²) < 4.78 is 6.44. The van der Waals surface area contributed by atoms with Crippen LogP contribution in [-0.2, 0) is 0 Å². The second-order valence-electron chi connectivity index (χ2n) is 4.28. The van der Waals surface area contributed by atoms with Crippen LogP contribution >= 0.6 is 27.5 Å². The molecule has 0 spiro atoms. The molecule has 0 heterocycles. The van der Waals surface area contributed by atoms with Crippen LogP contribution in [0.15, 0.2) is 53.0 Å². The van der Waals surface area contributed by atoms with Crippen LogP contribution in [0.2, 0.25) is 5.02 Å². The largest absolute Gasteiger partial charge is 0.491 e. The fourth-order valence-corrected chi connectivity index (χ4v) is 2.25. The van der Waals surface area contributed by atoms with Crippen LogP contribution in [0.5, 0.6) is 5.75 Å². The molecule has 1 unspecified atom stereocenters. The van der Waals surface area contributed by atoms with Gasteiger partial charge >= 0.3 is 0 Å². The van der Waals surface area contributed by atoms with Gasteiger partial charge in [0.1, 0.15) is 18.5 Å². The van der Waals surface area contributed by atoms with Gasteiger partial charge in [-0.25, -0.2) is 0 Å². The standard InChI is InChI=1S/C15H15BrClNO2/c16-14-6-1-2-7-15(14)18-9-12(19)10-20-13-5-3-4-11(17)8-13/h1-8,12,18-19H,9-10H2. The first-order chi connectivity index (χ1) is 9.65. The Labute approximate surface area is 131 Å². The Hall–Kier alpha value is -1.23. The molecule has 0 fully saturated rings. The lowest BCUT2D eigenvalue weighted by Crippen LogP contribution is -2.26. The van der Waals surface area contributed by atoms with E-state index < -0.39 is 6.10 Å². The van der Waals surface area contributed by atoms with Crippen LogP contribution in [0.25, 0.3) is 0 Å². The second-order valence-corrected chi connectivity index (χ2v) is 5.57. The van der Waals surface area contributed by atoms with Crippen molar-refractivity contribution < 1.29 is 9.84 Å². The van der Waals surface area contributed by atoms with Crippen molar-refractivity contribution in [1.29, 1.82) is 0 Å². The number of aliphatic hydroxyl groups excluding tert-OH is 1. The summed E-state index contributed by atoms with van der Waals surface area (Å²) in [5, 5.41) is 13.7. The molecular weight excluding hydrogens is 342 g/mol. The minimum atomic E-state index is -0.610. The molecule has 20 heavy (non-hydrogen) atoms. The number of hydrogen-bond acceptors (Lipinski definition) is 3. The summed E-state index contributed by atoms with van der Waals surface area (Å²) in [6, 6.07) is 14.9. The van der Waals surface area contributed by atoms with Gasteiger partial charge < -0.3 is 15.2 Å². The number of hydrogen-bond donors (Lipinski definition) is 2. The van der Waals surface area contributed by atoms with E-state index in [-0.39, 0.29) is 6.61 Å². The molecular formula is C15H15BrClNO2. The molecule has 2 aromatic rings. The number of ether oxygens (including phenoxy) is 1. The van der Waals surface area contributed by atoms with Gasteiger partial charge in [0.2, 0.25) is 0 Å². The van der Waals surface area contributed by atoms with Crippen molar-refractivity contribution in [2.75, 3.05) is 18.5 Å². The Bertz CT molecular complexity index is 565. The Kier molecular flexibility index (Phi) is 5.71. The molecule has 0 aliphatic carbocycles. The van der Waals surface area contributed by atoms with Crippen molar-refractivity contribution >= 4 is 33.2 Å². The van der Waals surface area contributed by atoms with Gasteiger partial charge in [0.05, 0.1) is 0 Å². The first kappa shape index (κ1) is 15.2. The Balaban J connectivity index is 1.78. The molecule has 0 amide bonds. The van der Waals surface area contributed by atoms with Gasteiger partial charge in [0.25, 0.3) is 0 Å². The van der Waals surface area contributed by atoms with E-state index in [0.29, 0.717) is 17.3 Å². The topological polar surface area (TPSA) is 41.5 Å². The molecule has 0 aromatic heterocycles. The van der Waals surface area contributed by atoms with Crippen LogP contribution in [0, 0.1) is 0 Å². The van der Waals surface area contributed by atoms with Gasteiger partial charge in [0.15, 0.2) is 0 Å². The number of para-hydroxylation sites is 1. The summed E-state index contributed by atoms with van der Waals surface area (Å²) in [6.07, 6.45) is -0.610. The van der Waals surface area contributed by atoms with E-state index >= 15 is 0 Å². The first-order valence-corrected chi connectivity index (χ1v) is 7.37. The average Bonchev–Trinajstić information content (AvgIpc) is 2.44. The molecule has 0 bridgehead atoms. The molecule has 0 aliphatic rings. The van der Waals surface area contributed by atoms with E-state index in [1.807, 2.05) is 30.3 Å². The molecule has 106 valence electrons. The van der Waals surface area contributed by atoms with Crippen LogP contribution in [0.4, 0.5) is 5.69 Å².